The van der Waals surface area contributed by atoms with Gasteiger partial charge in [-0.05, 0) is 72.6 Å². The zero-order valence-corrected chi connectivity index (χ0v) is 27.9. The molecule has 8 heteroatoms. The van der Waals surface area contributed by atoms with E-state index in [1.807, 2.05) is 97.1 Å². The Bertz CT molecular complexity index is 1750. The fourth-order valence-corrected chi connectivity index (χ4v) is 5.88. The van der Waals surface area contributed by atoms with Gasteiger partial charge in [-0.25, -0.2) is 4.79 Å². The molecule has 1 saturated heterocycles. The number of carbonyl (C=O) groups excluding carboxylic acids is 1. The van der Waals surface area contributed by atoms with Gasteiger partial charge in [-0.2, -0.15) is 0 Å². The standard InChI is InChI=1S/C41H43N3O5/c1-29(32-9-5-3-6-10-32)44(2)27-38-25-39(33-17-15-31(28-45)16-18-33)49-40(48-38)34-19-13-30(14-20-34)26-42-41(46)43-35-21-23-37(24-22-35)47-36-11-7-4-8-12-36/h3-24,29,38-40,45H,25-28H2,1-2H3,(H2,42,43,46)/t29-,38+,39-,40-/m0/s1. The number of nitrogens with zero attached hydrogens (tertiary/aromatic N) is 1. The molecule has 0 spiro atoms. The minimum Gasteiger partial charge on any atom is -0.457 e. The highest BCUT2D eigenvalue weighted by Crippen LogP contribution is 2.38. The third kappa shape index (κ3) is 9.34. The fraction of sp³-hybridized carbons (Fsp3) is 0.244. The summed E-state index contributed by atoms with van der Waals surface area (Å²) in [6.07, 6.45) is -0.0796. The number of amides is 2. The number of nitrogens with one attached hydrogen (secondary N) is 2. The summed E-state index contributed by atoms with van der Waals surface area (Å²) in [6, 6.07) is 43.1. The smallest absolute Gasteiger partial charge is 0.319 e. The molecule has 0 radical (unpaired) electrons. The molecule has 0 unspecified atom stereocenters. The molecule has 0 saturated carbocycles. The van der Waals surface area contributed by atoms with Crippen molar-refractivity contribution >= 4 is 11.7 Å². The van der Waals surface area contributed by atoms with Gasteiger partial charge in [-0.1, -0.05) is 97.1 Å². The van der Waals surface area contributed by atoms with Gasteiger partial charge in [0.25, 0.3) is 0 Å². The maximum atomic E-state index is 12.6. The second-order valence-electron chi connectivity index (χ2n) is 12.4. The van der Waals surface area contributed by atoms with E-state index in [1.54, 1.807) is 12.1 Å². The van der Waals surface area contributed by atoms with Gasteiger partial charge in [0, 0.05) is 36.8 Å². The molecule has 1 aliphatic heterocycles. The van der Waals surface area contributed by atoms with Crippen LogP contribution in [0, 0.1) is 0 Å². The van der Waals surface area contributed by atoms with Crippen molar-refractivity contribution < 1.29 is 24.1 Å². The van der Waals surface area contributed by atoms with Gasteiger partial charge in [0.15, 0.2) is 6.29 Å². The van der Waals surface area contributed by atoms with Crippen LogP contribution < -0.4 is 15.4 Å². The number of hydrogen-bond acceptors (Lipinski definition) is 6. The Balaban J connectivity index is 1.06. The Kier molecular flexibility index (Phi) is 11.4. The van der Waals surface area contributed by atoms with Gasteiger partial charge in [0.05, 0.1) is 18.8 Å². The molecular weight excluding hydrogens is 614 g/mol. The topological polar surface area (TPSA) is 92.3 Å². The lowest BCUT2D eigenvalue weighted by atomic mass is 9.99. The van der Waals surface area contributed by atoms with Crippen LogP contribution in [0.4, 0.5) is 10.5 Å². The molecule has 5 aromatic rings. The van der Waals surface area contributed by atoms with Crippen LogP contribution in [0.25, 0.3) is 0 Å². The molecule has 0 aliphatic carbocycles. The molecule has 1 fully saturated rings. The molecular formula is C41H43N3O5. The number of hydrogen-bond donors (Lipinski definition) is 3. The maximum Gasteiger partial charge on any atom is 0.319 e. The Labute approximate surface area is 288 Å². The summed E-state index contributed by atoms with van der Waals surface area (Å²) in [5.74, 6) is 1.44. The third-order valence-corrected chi connectivity index (χ3v) is 8.85. The average Bonchev–Trinajstić information content (AvgIpc) is 3.15. The number of aliphatic hydroxyl groups is 1. The Morgan fingerprint density at radius 1 is 0.796 bits per heavy atom. The van der Waals surface area contributed by atoms with Crippen molar-refractivity contribution in [1.29, 1.82) is 0 Å². The van der Waals surface area contributed by atoms with Crippen LogP contribution in [-0.4, -0.2) is 35.7 Å². The number of anilines is 1. The lowest BCUT2D eigenvalue weighted by molar-refractivity contribution is -0.253. The number of urea groups is 1. The van der Waals surface area contributed by atoms with Crippen LogP contribution in [-0.2, 0) is 22.6 Å². The number of aliphatic hydroxyl groups excluding tert-OH is 1. The summed E-state index contributed by atoms with van der Waals surface area (Å²) < 4.78 is 18.9. The van der Waals surface area contributed by atoms with E-state index in [-0.39, 0.29) is 30.9 Å². The average molecular weight is 658 g/mol. The van der Waals surface area contributed by atoms with E-state index < -0.39 is 6.29 Å². The predicted molar refractivity (Wildman–Crippen MR) is 191 cm³/mol. The van der Waals surface area contributed by atoms with Crippen molar-refractivity contribution in [2.24, 2.45) is 0 Å². The second kappa shape index (κ2) is 16.4. The molecule has 0 aromatic heterocycles. The number of benzene rings is 5. The summed E-state index contributed by atoms with van der Waals surface area (Å²) >= 11 is 0. The zero-order valence-electron chi connectivity index (χ0n) is 27.9. The first-order valence-corrected chi connectivity index (χ1v) is 16.7. The van der Waals surface area contributed by atoms with Crippen LogP contribution in [0.2, 0.25) is 0 Å². The summed E-state index contributed by atoms with van der Waals surface area (Å²) in [7, 11) is 2.13. The molecule has 1 aliphatic rings. The number of carbonyl (C=O) groups is 1. The SMILES string of the molecule is C[C@@H](c1ccccc1)N(C)C[C@H]1C[C@@H](c2ccc(CO)cc2)O[C@@H](c2ccc(CNC(=O)Nc3ccc(Oc4ccccc4)cc3)cc2)O1. The Morgan fingerprint density at radius 3 is 2.08 bits per heavy atom. The van der Waals surface area contributed by atoms with Gasteiger partial charge < -0.3 is 30.0 Å². The minimum absolute atomic E-state index is 0.00289. The summed E-state index contributed by atoms with van der Waals surface area (Å²) in [6.45, 7) is 3.31. The maximum absolute atomic E-state index is 12.6. The van der Waals surface area contributed by atoms with Gasteiger partial charge in [-0.15, -0.1) is 0 Å². The van der Waals surface area contributed by atoms with Gasteiger partial charge in [-0.3, -0.25) is 4.90 Å². The van der Waals surface area contributed by atoms with Crippen LogP contribution in [0.5, 0.6) is 11.5 Å². The van der Waals surface area contributed by atoms with Crippen molar-refractivity contribution in [3.05, 3.63) is 161 Å². The van der Waals surface area contributed by atoms with E-state index in [0.29, 0.717) is 24.4 Å². The molecule has 6 rings (SSSR count). The van der Waals surface area contributed by atoms with Crippen LogP contribution in [0.1, 0.15) is 59.6 Å². The summed E-state index contributed by atoms with van der Waals surface area (Å²) in [4.78, 5) is 15.0. The van der Waals surface area contributed by atoms with E-state index in [0.717, 1.165) is 34.5 Å². The second-order valence-corrected chi connectivity index (χ2v) is 12.4. The highest BCUT2D eigenvalue weighted by atomic mass is 16.7. The van der Waals surface area contributed by atoms with Crippen molar-refractivity contribution in [2.75, 3.05) is 18.9 Å². The highest BCUT2D eigenvalue weighted by Gasteiger charge is 2.33. The monoisotopic (exact) mass is 657 g/mol. The molecule has 4 atom stereocenters. The molecule has 8 nitrogen and oxygen atoms in total. The number of likely N-dealkylation sites (N-methyl/N-ethyl adjacent to an activating group) is 1. The lowest BCUT2D eigenvalue weighted by Gasteiger charge is -2.39. The van der Waals surface area contributed by atoms with Gasteiger partial charge in [0.2, 0.25) is 0 Å². The summed E-state index contributed by atoms with van der Waals surface area (Å²) in [5.41, 5.74) is 5.70. The molecule has 252 valence electrons. The normalized spacial score (nSPS) is 18.1. The van der Waals surface area contributed by atoms with E-state index >= 15 is 0 Å². The molecule has 5 aromatic carbocycles. The van der Waals surface area contributed by atoms with Crippen LogP contribution in [0.3, 0.4) is 0 Å². The van der Waals surface area contributed by atoms with Crippen molar-refractivity contribution in [3.8, 4) is 11.5 Å². The van der Waals surface area contributed by atoms with Gasteiger partial charge in [0.1, 0.15) is 11.5 Å². The summed E-state index contributed by atoms with van der Waals surface area (Å²) in [5, 5.41) is 15.3. The first-order valence-electron chi connectivity index (χ1n) is 16.7. The first-order chi connectivity index (χ1) is 23.9. The van der Waals surface area contributed by atoms with Crippen LogP contribution >= 0.6 is 0 Å². The third-order valence-electron chi connectivity index (χ3n) is 8.85. The van der Waals surface area contributed by atoms with Crippen molar-refractivity contribution in [2.45, 2.75) is 51.0 Å². The molecule has 1 heterocycles. The quantitative estimate of drug-likeness (QED) is 0.125. The fourth-order valence-electron chi connectivity index (χ4n) is 5.88. The van der Waals surface area contributed by atoms with Crippen molar-refractivity contribution in [1.82, 2.24) is 10.2 Å². The van der Waals surface area contributed by atoms with E-state index in [9.17, 15) is 9.90 Å². The van der Waals surface area contributed by atoms with Crippen LogP contribution in [0.15, 0.2) is 133 Å². The number of rotatable bonds is 12. The Hall–Kier alpha value is -4.99. The molecule has 49 heavy (non-hydrogen) atoms. The Morgan fingerprint density at radius 2 is 1.41 bits per heavy atom. The van der Waals surface area contributed by atoms with Gasteiger partial charge >= 0.3 is 6.03 Å². The predicted octanol–water partition coefficient (Wildman–Crippen LogP) is 8.53. The molecule has 3 N–H and O–H groups in total. The molecule has 0 bridgehead atoms. The molecule has 2 amide bonds. The lowest BCUT2D eigenvalue weighted by Crippen LogP contribution is -2.38. The first kappa shape index (κ1) is 33.9. The van der Waals surface area contributed by atoms with Crippen molar-refractivity contribution in [3.63, 3.8) is 0 Å². The highest BCUT2D eigenvalue weighted by molar-refractivity contribution is 5.89. The minimum atomic E-state index is -0.555. The van der Waals surface area contributed by atoms with E-state index in [1.165, 1.54) is 5.56 Å². The zero-order chi connectivity index (χ0) is 34.0. The number of para-hydroxylation sites is 1. The number of ether oxygens (including phenoxy) is 3. The van der Waals surface area contributed by atoms with E-state index in [2.05, 4.69) is 53.8 Å². The largest absolute Gasteiger partial charge is 0.457 e. The van der Waals surface area contributed by atoms with E-state index in [4.69, 9.17) is 14.2 Å².